The number of halogens is 1. The average molecular weight is 362 g/mol. The zero-order chi connectivity index (χ0) is 16.8. The summed E-state index contributed by atoms with van der Waals surface area (Å²) in [5.74, 6) is 0.915. The zero-order valence-electron chi connectivity index (χ0n) is 14.0. The van der Waals surface area contributed by atoms with E-state index in [0.717, 1.165) is 37.3 Å². The van der Waals surface area contributed by atoms with Crippen LogP contribution >= 0.6 is 12.4 Å². The third kappa shape index (κ3) is 5.41. The van der Waals surface area contributed by atoms with Gasteiger partial charge in [0.1, 0.15) is 5.82 Å². The highest BCUT2D eigenvalue weighted by atomic mass is 35.5. The Morgan fingerprint density at radius 3 is 2.56 bits per heavy atom. The Balaban J connectivity index is 0.00000225. The van der Waals surface area contributed by atoms with Crippen LogP contribution in [0.25, 0.3) is 0 Å². The Kier molecular flexibility index (Phi) is 7.16. The quantitative estimate of drug-likeness (QED) is 0.854. The predicted octanol–water partition coefficient (Wildman–Crippen LogP) is 2.39. The molecule has 0 bridgehead atoms. The van der Waals surface area contributed by atoms with Gasteiger partial charge in [0.15, 0.2) is 0 Å². The van der Waals surface area contributed by atoms with E-state index in [0.29, 0.717) is 12.5 Å². The number of amides is 1. The summed E-state index contributed by atoms with van der Waals surface area (Å²) in [7, 11) is 0. The largest absolute Gasteiger partial charge is 0.366 e. The zero-order valence-corrected chi connectivity index (χ0v) is 14.9. The minimum Gasteiger partial charge on any atom is -0.366 e. The van der Waals surface area contributed by atoms with Gasteiger partial charge in [-0.1, -0.05) is 30.3 Å². The summed E-state index contributed by atoms with van der Waals surface area (Å²) < 4.78 is 0. The molecule has 25 heavy (non-hydrogen) atoms. The maximum Gasteiger partial charge on any atom is 0.224 e. The Morgan fingerprint density at radius 2 is 1.92 bits per heavy atom. The second-order valence-electron chi connectivity index (χ2n) is 6.13. The van der Waals surface area contributed by atoms with Crippen molar-refractivity contribution in [3.63, 3.8) is 0 Å². The third-order valence-electron chi connectivity index (χ3n) is 4.39. The van der Waals surface area contributed by atoms with Gasteiger partial charge in [-0.15, -0.1) is 17.5 Å². The number of nitrogens with zero attached hydrogens (tertiary/aromatic N) is 3. The number of benzene rings is 1. The van der Waals surface area contributed by atoms with E-state index >= 15 is 0 Å². The van der Waals surface area contributed by atoms with Crippen LogP contribution in [0.2, 0.25) is 0 Å². The number of aromatic nitrogens is 2. The number of anilines is 1. The van der Waals surface area contributed by atoms with Crippen molar-refractivity contribution in [1.82, 2.24) is 15.1 Å². The number of carbonyl (C=O) groups is 1. The predicted molar refractivity (Wildman–Crippen MR) is 100 cm³/mol. The first-order chi connectivity index (χ1) is 11.7. The monoisotopic (exact) mass is 361 g/mol. The van der Waals surface area contributed by atoms with Gasteiger partial charge >= 0.3 is 0 Å². The van der Waals surface area contributed by atoms with E-state index < -0.39 is 0 Å². The van der Waals surface area contributed by atoms with E-state index in [1.54, 1.807) is 6.20 Å². The number of hydrogen-bond donors (Lipinski definition) is 2. The first kappa shape index (κ1) is 19.1. The highest BCUT2D eigenvalue weighted by Gasteiger charge is 2.24. The van der Waals surface area contributed by atoms with Crippen molar-refractivity contribution in [3.8, 4) is 0 Å². The van der Waals surface area contributed by atoms with E-state index in [2.05, 4.69) is 15.5 Å². The molecule has 1 atom stereocenters. The summed E-state index contributed by atoms with van der Waals surface area (Å²) >= 11 is 0. The molecule has 1 saturated heterocycles. The highest BCUT2D eigenvalue weighted by Crippen LogP contribution is 2.19. The maximum absolute atomic E-state index is 12.4. The molecule has 0 radical (unpaired) electrons. The number of hydrogen-bond acceptors (Lipinski definition) is 5. The van der Waals surface area contributed by atoms with Crippen LogP contribution in [0.5, 0.6) is 0 Å². The second kappa shape index (κ2) is 9.34. The van der Waals surface area contributed by atoms with Crippen molar-refractivity contribution in [2.75, 3.05) is 18.4 Å². The molecule has 3 rings (SSSR count). The van der Waals surface area contributed by atoms with Crippen LogP contribution in [0, 0.1) is 0 Å². The molecule has 1 unspecified atom stereocenters. The number of carbonyl (C=O) groups excluding carboxylic acids is 1. The summed E-state index contributed by atoms with van der Waals surface area (Å²) in [5, 5.41) is 11.3. The van der Waals surface area contributed by atoms with E-state index in [4.69, 9.17) is 5.73 Å². The Morgan fingerprint density at radius 1 is 1.20 bits per heavy atom. The lowest BCUT2D eigenvalue weighted by Crippen LogP contribution is -2.43. The SMILES string of the molecule is Cl.NC(CC(=O)N1CCC(Nc2cccnn2)CC1)c1ccccc1. The van der Waals surface area contributed by atoms with Gasteiger partial charge in [0.2, 0.25) is 5.91 Å². The van der Waals surface area contributed by atoms with Gasteiger partial charge in [-0.3, -0.25) is 4.79 Å². The molecule has 0 saturated carbocycles. The molecule has 2 heterocycles. The molecule has 7 heteroatoms. The summed E-state index contributed by atoms with van der Waals surface area (Å²) in [6.45, 7) is 1.50. The molecule has 1 aromatic heterocycles. The average Bonchev–Trinajstić information content (AvgIpc) is 2.64. The van der Waals surface area contributed by atoms with Crippen molar-refractivity contribution < 1.29 is 4.79 Å². The lowest BCUT2D eigenvalue weighted by Gasteiger charge is -2.33. The van der Waals surface area contributed by atoms with E-state index in [9.17, 15) is 4.79 Å². The smallest absolute Gasteiger partial charge is 0.224 e. The molecule has 1 fully saturated rings. The molecular weight excluding hydrogens is 338 g/mol. The summed E-state index contributed by atoms with van der Waals surface area (Å²) in [6.07, 6.45) is 3.82. The van der Waals surface area contributed by atoms with Gasteiger partial charge in [0.05, 0.1) is 0 Å². The molecule has 6 nitrogen and oxygen atoms in total. The van der Waals surface area contributed by atoms with Gasteiger partial charge in [0.25, 0.3) is 0 Å². The second-order valence-corrected chi connectivity index (χ2v) is 6.13. The fraction of sp³-hybridized carbons (Fsp3) is 0.389. The molecule has 0 spiro atoms. The molecule has 1 amide bonds. The lowest BCUT2D eigenvalue weighted by atomic mass is 10.0. The Bertz CT molecular complexity index is 647. The van der Waals surface area contributed by atoms with Crippen LogP contribution in [0.3, 0.4) is 0 Å². The van der Waals surface area contributed by atoms with Crippen molar-refractivity contribution in [1.29, 1.82) is 0 Å². The molecule has 1 aliphatic rings. The molecule has 3 N–H and O–H groups in total. The number of nitrogens with two attached hydrogens (primary N) is 1. The topological polar surface area (TPSA) is 84.1 Å². The van der Waals surface area contributed by atoms with Crippen molar-refractivity contribution in [2.24, 2.45) is 5.73 Å². The minimum atomic E-state index is -0.242. The van der Waals surface area contributed by atoms with Crippen LogP contribution < -0.4 is 11.1 Å². The molecule has 0 aliphatic carbocycles. The third-order valence-corrected chi connectivity index (χ3v) is 4.39. The summed E-state index contributed by atoms with van der Waals surface area (Å²) in [6, 6.07) is 13.6. The molecule has 1 aromatic carbocycles. The van der Waals surface area contributed by atoms with Crippen molar-refractivity contribution in [3.05, 3.63) is 54.2 Å². The normalized spacial score (nSPS) is 16.0. The number of nitrogens with one attached hydrogen (secondary N) is 1. The number of rotatable bonds is 5. The molecule has 134 valence electrons. The highest BCUT2D eigenvalue weighted by molar-refractivity contribution is 5.85. The van der Waals surface area contributed by atoms with Crippen LogP contribution in [0.1, 0.15) is 30.9 Å². The molecule has 2 aromatic rings. The Labute approximate surface area is 154 Å². The number of likely N-dealkylation sites (tertiary alicyclic amines) is 1. The fourth-order valence-electron chi connectivity index (χ4n) is 3.00. The standard InChI is InChI=1S/C18H23N5O.ClH/c19-16(14-5-2-1-3-6-14)13-18(24)23-11-8-15(9-12-23)21-17-7-4-10-20-22-17;/h1-7,10,15-16H,8-9,11-13,19H2,(H,21,22);1H. The first-order valence-electron chi connectivity index (χ1n) is 8.35. The molecule has 1 aliphatic heterocycles. The van der Waals surface area contributed by atoms with Gasteiger partial charge in [-0.2, -0.15) is 5.10 Å². The van der Waals surface area contributed by atoms with Gasteiger partial charge in [-0.05, 0) is 30.5 Å². The van der Waals surface area contributed by atoms with Crippen molar-refractivity contribution >= 4 is 24.1 Å². The van der Waals surface area contributed by atoms with E-state index in [1.165, 1.54) is 0 Å². The number of piperidine rings is 1. The minimum absolute atomic E-state index is 0. The van der Waals surface area contributed by atoms with E-state index in [1.807, 2.05) is 47.4 Å². The van der Waals surface area contributed by atoms with Crippen LogP contribution in [-0.4, -0.2) is 40.1 Å². The van der Waals surface area contributed by atoms with Crippen LogP contribution in [0.4, 0.5) is 5.82 Å². The maximum atomic E-state index is 12.4. The summed E-state index contributed by atoms with van der Waals surface area (Å²) in [5.41, 5.74) is 7.16. The summed E-state index contributed by atoms with van der Waals surface area (Å²) in [4.78, 5) is 14.4. The van der Waals surface area contributed by atoms with Gasteiger partial charge < -0.3 is 16.0 Å². The fourth-order valence-corrected chi connectivity index (χ4v) is 3.00. The van der Waals surface area contributed by atoms with Crippen molar-refractivity contribution in [2.45, 2.75) is 31.3 Å². The first-order valence-corrected chi connectivity index (χ1v) is 8.35. The molecular formula is C18H24ClN5O. The van der Waals surface area contributed by atoms with Gasteiger partial charge in [-0.25, -0.2) is 0 Å². The van der Waals surface area contributed by atoms with Gasteiger partial charge in [0, 0.05) is 37.8 Å². The van der Waals surface area contributed by atoms with Crippen LogP contribution in [0.15, 0.2) is 48.7 Å². The lowest BCUT2D eigenvalue weighted by molar-refractivity contribution is -0.132. The van der Waals surface area contributed by atoms with E-state index in [-0.39, 0.29) is 24.4 Å². The van der Waals surface area contributed by atoms with Crippen LogP contribution in [-0.2, 0) is 4.79 Å². The Hall–Kier alpha value is -2.18.